The minimum atomic E-state index is -0.816. The maximum absolute atomic E-state index is 13.2. The van der Waals surface area contributed by atoms with Crippen LogP contribution >= 0.6 is 0 Å². The standard InChI is InChI=1S/C13H17F2NO/c1-8-5-6-17-13(8)12(16-2)9-3-4-10(14)11(15)7-9/h3-4,7-8,12-13,16H,5-6H2,1-2H3. The minimum Gasteiger partial charge on any atom is -0.376 e. The van der Waals surface area contributed by atoms with Crippen molar-refractivity contribution in [2.45, 2.75) is 25.5 Å². The summed E-state index contributed by atoms with van der Waals surface area (Å²) in [7, 11) is 1.81. The lowest BCUT2D eigenvalue weighted by molar-refractivity contribution is 0.0630. The fourth-order valence-corrected chi connectivity index (χ4v) is 2.37. The van der Waals surface area contributed by atoms with Crippen LogP contribution in [0.1, 0.15) is 24.9 Å². The largest absolute Gasteiger partial charge is 0.376 e. The highest BCUT2D eigenvalue weighted by molar-refractivity contribution is 5.22. The smallest absolute Gasteiger partial charge is 0.159 e. The Morgan fingerprint density at radius 2 is 2.12 bits per heavy atom. The highest BCUT2D eigenvalue weighted by atomic mass is 19.2. The highest BCUT2D eigenvalue weighted by Gasteiger charge is 2.32. The summed E-state index contributed by atoms with van der Waals surface area (Å²) in [6, 6.07) is 3.91. The van der Waals surface area contributed by atoms with Crippen LogP contribution in [-0.4, -0.2) is 19.8 Å². The Bertz CT molecular complexity index is 397. The maximum Gasteiger partial charge on any atom is 0.159 e. The third kappa shape index (κ3) is 2.48. The molecule has 1 aromatic carbocycles. The lowest BCUT2D eigenvalue weighted by Gasteiger charge is -2.26. The summed E-state index contributed by atoms with van der Waals surface area (Å²) < 4.78 is 31.8. The van der Waals surface area contributed by atoms with Crippen molar-refractivity contribution in [2.75, 3.05) is 13.7 Å². The van der Waals surface area contributed by atoms with Crippen LogP contribution in [0, 0.1) is 17.6 Å². The van der Waals surface area contributed by atoms with Crippen LogP contribution in [0.2, 0.25) is 0 Å². The zero-order chi connectivity index (χ0) is 12.4. The van der Waals surface area contributed by atoms with E-state index in [4.69, 9.17) is 4.74 Å². The lowest BCUT2D eigenvalue weighted by atomic mass is 9.92. The van der Waals surface area contributed by atoms with Crippen LogP contribution in [0.5, 0.6) is 0 Å². The molecule has 0 bridgehead atoms. The second-order valence-electron chi connectivity index (χ2n) is 4.54. The van der Waals surface area contributed by atoms with Crippen molar-refractivity contribution in [3.8, 4) is 0 Å². The van der Waals surface area contributed by atoms with E-state index in [-0.39, 0.29) is 12.1 Å². The predicted octanol–water partition coefficient (Wildman–Crippen LogP) is 2.65. The summed E-state index contributed by atoms with van der Waals surface area (Å²) in [5, 5.41) is 3.12. The Kier molecular flexibility index (Phi) is 3.74. The van der Waals surface area contributed by atoms with E-state index < -0.39 is 11.6 Å². The fraction of sp³-hybridized carbons (Fsp3) is 0.538. The molecule has 1 aliphatic heterocycles. The van der Waals surface area contributed by atoms with E-state index >= 15 is 0 Å². The first-order valence-electron chi connectivity index (χ1n) is 5.87. The van der Waals surface area contributed by atoms with Gasteiger partial charge in [0.15, 0.2) is 11.6 Å². The first-order valence-corrected chi connectivity index (χ1v) is 5.87. The SMILES string of the molecule is CNC(c1ccc(F)c(F)c1)C1OCCC1C. The quantitative estimate of drug-likeness (QED) is 0.878. The molecule has 17 heavy (non-hydrogen) atoms. The minimum absolute atomic E-state index is 0.0184. The van der Waals surface area contributed by atoms with Gasteiger partial charge in [0, 0.05) is 6.61 Å². The average Bonchev–Trinajstić information content (AvgIpc) is 2.71. The molecule has 0 spiro atoms. The van der Waals surface area contributed by atoms with Crippen molar-refractivity contribution in [1.29, 1.82) is 0 Å². The molecule has 1 N–H and O–H groups in total. The first-order chi connectivity index (χ1) is 8.13. The van der Waals surface area contributed by atoms with E-state index in [1.165, 1.54) is 6.07 Å². The Balaban J connectivity index is 2.25. The second-order valence-corrected chi connectivity index (χ2v) is 4.54. The van der Waals surface area contributed by atoms with Crippen LogP contribution in [0.15, 0.2) is 18.2 Å². The Morgan fingerprint density at radius 1 is 1.35 bits per heavy atom. The van der Waals surface area contributed by atoms with Gasteiger partial charge in [-0.1, -0.05) is 13.0 Å². The topological polar surface area (TPSA) is 21.3 Å². The zero-order valence-electron chi connectivity index (χ0n) is 10.0. The van der Waals surface area contributed by atoms with Gasteiger partial charge in [0.25, 0.3) is 0 Å². The Hall–Kier alpha value is -1.00. The monoisotopic (exact) mass is 241 g/mol. The van der Waals surface area contributed by atoms with E-state index in [1.54, 1.807) is 13.1 Å². The van der Waals surface area contributed by atoms with Gasteiger partial charge in [-0.2, -0.15) is 0 Å². The summed E-state index contributed by atoms with van der Waals surface area (Å²) in [4.78, 5) is 0. The summed E-state index contributed by atoms with van der Waals surface area (Å²) in [6.07, 6.45) is 1.02. The molecule has 3 atom stereocenters. The van der Waals surface area contributed by atoms with Gasteiger partial charge in [0.2, 0.25) is 0 Å². The van der Waals surface area contributed by atoms with Crippen LogP contribution in [0.3, 0.4) is 0 Å². The summed E-state index contributed by atoms with van der Waals surface area (Å²) in [6.45, 7) is 2.84. The molecule has 1 fully saturated rings. The predicted molar refractivity (Wildman–Crippen MR) is 61.7 cm³/mol. The molecule has 2 nitrogen and oxygen atoms in total. The Morgan fingerprint density at radius 3 is 2.65 bits per heavy atom. The van der Waals surface area contributed by atoms with E-state index in [1.807, 2.05) is 0 Å². The molecule has 4 heteroatoms. The van der Waals surface area contributed by atoms with Gasteiger partial charge in [0.1, 0.15) is 0 Å². The molecule has 1 aliphatic rings. The van der Waals surface area contributed by atoms with Crippen molar-refractivity contribution < 1.29 is 13.5 Å². The number of halogens is 2. The molecule has 0 saturated carbocycles. The third-order valence-corrected chi connectivity index (χ3v) is 3.39. The molecule has 0 radical (unpaired) electrons. The molecule has 1 aromatic rings. The number of nitrogens with one attached hydrogen (secondary N) is 1. The Labute approximate surface area is 100.0 Å². The highest BCUT2D eigenvalue weighted by Crippen LogP contribution is 2.31. The molecule has 0 amide bonds. The lowest BCUT2D eigenvalue weighted by Crippen LogP contribution is -2.32. The summed E-state index contributed by atoms with van der Waals surface area (Å²) in [5.74, 6) is -1.21. The second kappa shape index (κ2) is 5.10. The maximum atomic E-state index is 13.2. The molecule has 3 unspecified atom stereocenters. The van der Waals surface area contributed by atoms with Gasteiger partial charge in [-0.15, -0.1) is 0 Å². The van der Waals surface area contributed by atoms with Crippen molar-refractivity contribution in [3.05, 3.63) is 35.4 Å². The van der Waals surface area contributed by atoms with Gasteiger partial charge in [0.05, 0.1) is 12.1 Å². The van der Waals surface area contributed by atoms with Gasteiger partial charge in [-0.05, 0) is 37.1 Å². The van der Waals surface area contributed by atoms with Gasteiger partial charge in [-0.3, -0.25) is 0 Å². The van der Waals surface area contributed by atoms with Crippen molar-refractivity contribution in [1.82, 2.24) is 5.32 Å². The zero-order valence-corrected chi connectivity index (χ0v) is 10.0. The molecule has 2 rings (SSSR count). The van der Waals surface area contributed by atoms with Gasteiger partial charge < -0.3 is 10.1 Å². The van der Waals surface area contributed by atoms with Crippen molar-refractivity contribution >= 4 is 0 Å². The number of benzene rings is 1. The van der Waals surface area contributed by atoms with E-state index in [9.17, 15) is 8.78 Å². The van der Waals surface area contributed by atoms with Crippen LogP contribution < -0.4 is 5.32 Å². The molecule has 0 aliphatic carbocycles. The van der Waals surface area contributed by atoms with E-state index in [2.05, 4.69) is 12.2 Å². The summed E-state index contributed by atoms with van der Waals surface area (Å²) >= 11 is 0. The number of likely N-dealkylation sites (N-methyl/N-ethyl adjacent to an activating group) is 1. The molecule has 0 aromatic heterocycles. The molecular formula is C13H17F2NO. The van der Waals surface area contributed by atoms with Crippen molar-refractivity contribution in [3.63, 3.8) is 0 Å². The van der Waals surface area contributed by atoms with Gasteiger partial charge in [-0.25, -0.2) is 8.78 Å². The summed E-state index contributed by atoms with van der Waals surface area (Å²) in [5.41, 5.74) is 0.727. The van der Waals surface area contributed by atoms with Crippen LogP contribution in [0.25, 0.3) is 0 Å². The molecular weight excluding hydrogens is 224 g/mol. The molecule has 1 heterocycles. The molecule has 94 valence electrons. The molecule has 1 saturated heterocycles. The van der Waals surface area contributed by atoms with E-state index in [0.29, 0.717) is 5.92 Å². The van der Waals surface area contributed by atoms with Crippen molar-refractivity contribution in [2.24, 2.45) is 5.92 Å². The average molecular weight is 241 g/mol. The number of hydrogen-bond donors (Lipinski definition) is 1. The van der Waals surface area contributed by atoms with E-state index in [0.717, 1.165) is 24.7 Å². The number of hydrogen-bond acceptors (Lipinski definition) is 2. The van der Waals surface area contributed by atoms with Crippen LogP contribution in [0.4, 0.5) is 8.78 Å². The fourth-order valence-electron chi connectivity index (χ4n) is 2.37. The van der Waals surface area contributed by atoms with Gasteiger partial charge >= 0.3 is 0 Å². The number of rotatable bonds is 3. The first kappa shape index (κ1) is 12.5. The normalized spacial score (nSPS) is 26.1. The van der Waals surface area contributed by atoms with Crippen LogP contribution in [-0.2, 0) is 4.74 Å². The number of ether oxygens (including phenoxy) is 1. The third-order valence-electron chi connectivity index (χ3n) is 3.39.